The maximum Gasteiger partial charge on any atom is 0.246 e. The molecule has 0 spiro atoms. The number of pyridine rings is 1. The van der Waals surface area contributed by atoms with Gasteiger partial charge in [-0.1, -0.05) is 0 Å². The van der Waals surface area contributed by atoms with E-state index in [0.717, 1.165) is 0 Å². The zero-order chi connectivity index (χ0) is 18.6. The quantitative estimate of drug-likeness (QED) is 0.761. The maximum atomic E-state index is 12.8. The number of carbonyl (C=O) groups excluding carboxylic acids is 1. The van der Waals surface area contributed by atoms with Crippen LogP contribution in [0.15, 0.2) is 24.5 Å². The Bertz CT molecular complexity index is 774. The normalized spacial score (nSPS) is 22.6. The van der Waals surface area contributed by atoms with Gasteiger partial charge in [-0.05, 0) is 30.5 Å². The Kier molecular flexibility index (Phi) is 5.90. The molecule has 3 rings (SSSR count). The minimum Gasteiger partial charge on any atom is -0.506 e. The lowest BCUT2D eigenvalue weighted by molar-refractivity contribution is -0.126. The number of rotatable bonds is 4. The monoisotopic (exact) mass is 381 g/mol. The van der Waals surface area contributed by atoms with E-state index in [2.05, 4.69) is 4.98 Å². The average Bonchev–Trinajstić information content (AvgIpc) is 2.67. The molecular formula is C17H23N3O5S. The largest absolute Gasteiger partial charge is 0.506 e. The van der Waals surface area contributed by atoms with E-state index in [1.54, 1.807) is 11.0 Å². The number of nitrogens with zero attached hydrogens (tertiary/aromatic N) is 3. The Morgan fingerprint density at radius 2 is 2.04 bits per heavy atom. The van der Waals surface area contributed by atoms with Gasteiger partial charge in [-0.2, -0.15) is 4.31 Å². The molecule has 2 aliphatic heterocycles. The van der Waals surface area contributed by atoms with Crippen LogP contribution in [0.2, 0.25) is 0 Å². The smallest absolute Gasteiger partial charge is 0.246 e. The second kappa shape index (κ2) is 8.15. The fourth-order valence-corrected chi connectivity index (χ4v) is 5.11. The van der Waals surface area contributed by atoms with E-state index in [1.165, 1.54) is 28.8 Å². The first-order valence-electron chi connectivity index (χ1n) is 8.64. The van der Waals surface area contributed by atoms with Gasteiger partial charge in [0.2, 0.25) is 15.9 Å². The summed E-state index contributed by atoms with van der Waals surface area (Å²) < 4.78 is 32.3. The highest BCUT2D eigenvalue weighted by atomic mass is 32.2. The number of hydrogen-bond donors (Lipinski definition) is 1. The van der Waals surface area contributed by atoms with E-state index >= 15 is 0 Å². The number of aromatic nitrogens is 1. The predicted octanol–water partition coefficient (Wildman–Crippen LogP) is 0.453. The van der Waals surface area contributed by atoms with Gasteiger partial charge >= 0.3 is 0 Å². The van der Waals surface area contributed by atoms with Crippen molar-refractivity contribution in [2.75, 3.05) is 39.4 Å². The van der Waals surface area contributed by atoms with Crippen LogP contribution in [-0.4, -0.2) is 78.3 Å². The molecule has 2 saturated heterocycles. The SMILES string of the molecule is O=C(C=Cc1cncc(O)c1)N1CCCC(S(=O)(=O)N2CCOCC2)C1. The Morgan fingerprint density at radius 3 is 2.77 bits per heavy atom. The second-order valence-electron chi connectivity index (χ2n) is 6.41. The first-order chi connectivity index (χ1) is 12.5. The topological polar surface area (TPSA) is 100 Å². The van der Waals surface area contributed by atoms with Gasteiger partial charge in [0.1, 0.15) is 5.75 Å². The molecule has 8 nitrogen and oxygen atoms in total. The first-order valence-corrected chi connectivity index (χ1v) is 10.1. The number of sulfonamides is 1. The van der Waals surface area contributed by atoms with Crippen molar-refractivity contribution in [3.8, 4) is 5.75 Å². The molecule has 1 unspecified atom stereocenters. The van der Waals surface area contributed by atoms with Crippen LogP contribution in [0, 0.1) is 0 Å². The third-order valence-electron chi connectivity index (χ3n) is 4.60. The van der Waals surface area contributed by atoms with Crippen LogP contribution in [-0.2, 0) is 19.6 Å². The van der Waals surface area contributed by atoms with Gasteiger partial charge in [0.15, 0.2) is 0 Å². The Balaban J connectivity index is 1.65. The molecule has 1 aromatic heterocycles. The first kappa shape index (κ1) is 18.8. The standard InChI is InChI=1S/C17H23N3O5S/c21-15-10-14(11-18-12-15)3-4-17(22)19-5-1-2-16(13-19)26(23,24)20-6-8-25-9-7-20/h3-4,10-12,16,21H,1-2,5-9,13H2. The summed E-state index contributed by atoms with van der Waals surface area (Å²) >= 11 is 0. The summed E-state index contributed by atoms with van der Waals surface area (Å²) in [6, 6.07) is 1.50. The van der Waals surface area contributed by atoms with E-state index in [-0.39, 0.29) is 18.2 Å². The molecule has 9 heteroatoms. The minimum absolute atomic E-state index is 0.0224. The van der Waals surface area contributed by atoms with Crippen LogP contribution < -0.4 is 0 Å². The predicted molar refractivity (Wildman–Crippen MR) is 95.8 cm³/mol. The fourth-order valence-electron chi connectivity index (χ4n) is 3.20. The van der Waals surface area contributed by atoms with Gasteiger partial charge in [0, 0.05) is 38.5 Å². The molecular weight excluding hydrogens is 358 g/mol. The minimum atomic E-state index is -3.43. The van der Waals surface area contributed by atoms with E-state index < -0.39 is 15.3 Å². The number of carbonyl (C=O) groups is 1. The molecule has 0 aliphatic carbocycles. The number of hydrogen-bond acceptors (Lipinski definition) is 6. The van der Waals surface area contributed by atoms with Gasteiger partial charge < -0.3 is 14.7 Å². The summed E-state index contributed by atoms with van der Waals surface area (Å²) in [6.45, 7) is 2.30. The van der Waals surface area contributed by atoms with Crippen molar-refractivity contribution in [3.05, 3.63) is 30.1 Å². The molecule has 0 saturated carbocycles. The molecule has 1 N–H and O–H groups in total. The van der Waals surface area contributed by atoms with Crippen molar-refractivity contribution in [3.63, 3.8) is 0 Å². The number of likely N-dealkylation sites (tertiary alicyclic amines) is 1. The van der Waals surface area contributed by atoms with Crippen molar-refractivity contribution in [1.82, 2.24) is 14.2 Å². The van der Waals surface area contributed by atoms with Crippen molar-refractivity contribution < 1.29 is 23.1 Å². The number of amides is 1. The van der Waals surface area contributed by atoms with Crippen LogP contribution in [0.4, 0.5) is 0 Å². The molecule has 2 aliphatic rings. The molecule has 3 heterocycles. The van der Waals surface area contributed by atoms with Crippen LogP contribution in [0.3, 0.4) is 0 Å². The van der Waals surface area contributed by atoms with Crippen LogP contribution in [0.1, 0.15) is 18.4 Å². The lowest BCUT2D eigenvalue weighted by Gasteiger charge is -2.36. The Morgan fingerprint density at radius 1 is 1.27 bits per heavy atom. The van der Waals surface area contributed by atoms with Crippen LogP contribution in [0.25, 0.3) is 6.08 Å². The van der Waals surface area contributed by atoms with Gasteiger partial charge in [-0.25, -0.2) is 8.42 Å². The zero-order valence-corrected chi connectivity index (χ0v) is 15.3. The third kappa shape index (κ3) is 4.40. The average molecular weight is 381 g/mol. The number of ether oxygens (including phenoxy) is 1. The van der Waals surface area contributed by atoms with E-state index in [1.807, 2.05) is 0 Å². The zero-order valence-electron chi connectivity index (χ0n) is 14.5. The molecule has 26 heavy (non-hydrogen) atoms. The molecule has 1 amide bonds. The summed E-state index contributed by atoms with van der Waals surface area (Å²) in [5, 5.41) is 8.83. The molecule has 1 aromatic rings. The van der Waals surface area contributed by atoms with Crippen molar-refractivity contribution in [2.24, 2.45) is 0 Å². The second-order valence-corrected chi connectivity index (χ2v) is 8.63. The maximum absolute atomic E-state index is 12.8. The summed E-state index contributed by atoms with van der Waals surface area (Å²) in [4.78, 5) is 17.9. The summed E-state index contributed by atoms with van der Waals surface area (Å²) in [5.41, 5.74) is 0.604. The van der Waals surface area contributed by atoms with E-state index in [9.17, 15) is 18.3 Å². The number of aromatic hydroxyl groups is 1. The molecule has 1 atom stereocenters. The summed E-state index contributed by atoms with van der Waals surface area (Å²) in [5.74, 6) is -0.218. The van der Waals surface area contributed by atoms with Gasteiger partial charge in [-0.15, -0.1) is 0 Å². The summed E-state index contributed by atoms with van der Waals surface area (Å²) in [7, 11) is -3.43. The van der Waals surface area contributed by atoms with Gasteiger partial charge in [-0.3, -0.25) is 9.78 Å². The molecule has 0 bridgehead atoms. The van der Waals surface area contributed by atoms with Crippen LogP contribution >= 0.6 is 0 Å². The molecule has 0 radical (unpaired) electrons. The fraction of sp³-hybridized carbons (Fsp3) is 0.529. The highest BCUT2D eigenvalue weighted by Gasteiger charge is 2.36. The van der Waals surface area contributed by atoms with Crippen molar-refractivity contribution >= 4 is 22.0 Å². The van der Waals surface area contributed by atoms with Crippen LogP contribution in [0.5, 0.6) is 5.75 Å². The lowest BCUT2D eigenvalue weighted by Crippen LogP contribution is -2.51. The number of morpholine rings is 1. The number of piperidine rings is 1. The Hall–Kier alpha value is -1.97. The van der Waals surface area contributed by atoms with E-state index in [0.29, 0.717) is 51.3 Å². The van der Waals surface area contributed by atoms with Gasteiger partial charge in [0.25, 0.3) is 0 Å². The molecule has 2 fully saturated rings. The van der Waals surface area contributed by atoms with Gasteiger partial charge in [0.05, 0.1) is 24.7 Å². The highest BCUT2D eigenvalue weighted by molar-refractivity contribution is 7.89. The molecule has 142 valence electrons. The highest BCUT2D eigenvalue weighted by Crippen LogP contribution is 2.22. The third-order valence-corrected chi connectivity index (χ3v) is 6.92. The van der Waals surface area contributed by atoms with E-state index in [4.69, 9.17) is 4.74 Å². The lowest BCUT2D eigenvalue weighted by atomic mass is 10.1. The summed E-state index contributed by atoms with van der Waals surface area (Å²) in [6.07, 6.45) is 7.01. The molecule has 0 aromatic carbocycles. The van der Waals surface area contributed by atoms with Crippen molar-refractivity contribution in [2.45, 2.75) is 18.1 Å². The Labute approximate surface area is 153 Å². The van der Waals surface area contributed by atoms with Crippen molar-refractivity contribution in [1.29, 1.82) is 0 Å².